The van der Waals surface area contributed by atoms with Crippen molar-refractivity contribution < 1.29 is 14.0 Å². The number of hydrogen-bond donors (Lipinski definition) is 1. The van der Waals surface area contributed by atoms with Gasteiger partial charge in [-0.1, -0.05) is 30.3 Å². The van der Waals surface area contributed by atoms with Crippen LogP contribution in [0.4, 0.5) is 16.0 Å². The topological polar surface area (TPSA) is 80.1 Å². The Morgan fingerprint density at radius 3 is 2.68 bits per heavy atom. The van der Waals surface area contributed by atoms with E-state index in [1.54, 1.807) is 40.1 Å². The number of amides is 2. The number of para-hydroxylation sites is 3. The van der Waals surface area contributed by atoms with Crippen LogP contribution in [0.3, 0.4) is 0 Å². The van der Waals surface area contributed by atoms with Crippen LogP contribution in [0, 0.1) is 5.82 Å². The lowest BCUT2D eigenvalue weighted by Gasteiger charge is -2.16. The van der Waals surface area contributed by atoms with Gasteiger partial charge in [0.1, 0.15) is 11.9 Å². The molecule has 0 bridgehead atoms. The van der Waals surface area contributed by atoms with E-state index in [0.717, 1.165) is 16.6 Å². The van der Waals surface area contributed by atoms with Crippen LogP contribution in [0.25, 0.3) is 11.0 Å². The molecule has 2 aromatic heterocycles. The van der Waals surface area contributed by atoms with Crippen molar-refractivity contribution in [1.29, 1.82) is 0 Å². The Hall–Kier alpha value is -4.07. The Kier molecular flexibility index (Phi) is 4.66. The predicted octanol–water partition coefficient (Wildman–Crippen LogP) is 3.69. The average Bonchev–Trinajstić information content (AvgIpc) is 3.27. The second-order valence-electron chi connectivity index (χ2n) is 7.30. The van der Waals surface area contributed by atoms with Crippen LogP contribution in [-0.4, -0.2) is 26.3 Å². The summed E-state index contributed by atoms with van der Waals surface area (Å²) in [6, 6.07) is 16.3. The lowest BCUT2D eigenvalue weighted by atomic mass is 10.1. The molecule has 0 aliphatic carbocycles. The van der Waals surface area contributed by atoms with Gasteiger partial charge in [-0.15, -0.1) is 0 Å². The molecule has 4 aromatic rings. The molecule has 0 saturated heterocycles. The molecule has 1 aliphatic rings. The first-order valence-corrected chi connectivity index (χ1v) is 9.83. The monoisotopic (exact) mass is 415 g/mol. The molecule has 0 saturated carbocycles. The molecule has 2 aromatic carbocycles. The standard InChI is InChI=1S/C23H18FN5O2/c24-16-7-1-2-8-17(16)26-21(30)12-20-22(31)28(14-15-6-5-11-25-13-15)23-27-18-9-3-4-10-19(18)29(20)23/h1-11,13,20H,12,14H2,(H,26,30). The molecule has 1 unspecified atom stereocenters. The number of halogens is 1. The summed E-state index contributed by atoms with van der Waals surface area (Å²) >= 11 is 0. The van der Waals surface area contributed by atoms with E-state index in [-0.39, 0.29) is 18.0 Å². The maximum atomic E-state index is 13.9. The number of nitrogens with one attached hydrogen (secondary N) is 1. The fraction of sp³-hybridized carbons (Fsp3) is 0.130. The summed E-state index contributed by atoms with van der Waals surface area (Å²) in [5.74, 6) is -0.726. The van der Waals surface area contributed by atoms with Gasteiger partial charge >= 0.3 is 0 Å². The number of benzene rings is 2. The highest BCUT2D eigenvalue weighted by Crippen LogP contribution is 2.37. The molecule has 8 heteroatoms. The lowest BCUT2D eigenvalue weighted by Crippen LogP contribution is -2.31. The molecule has 7 nitrogen and oxygen atoms in total. The normalized spacial score (nSPS) is 15.3. The first-order valence-electron chi connectivity index (χ1n) is 9.83. The number of fused-ring (bicyclic) bond motifs is 3. The van der Waals surface area contributed by atoms with E-state index >= 15 is 0 Å². The van der Waals surface area contributed by atoms with E-state index in [0.29, 0.717) is 12.5 Å². The van der Waals surface area contributed by atoms with Gasteiger partial charge in [-0.2, -0.15) is 0 Å². The van der Waals surface area contributed by atoms with E-state index in [1.165, 1.54) is 12.1 Å². The van der Waals surface area contributed by atoms with Crippen LogP contribution in [-0.2, 0) is 16.1 Å². The van der Waals surface area contributed by atoms with E-state index in [9.17, 15) is 14.0 Å². The van der Waals surface area contributed by atoms with Crippen LogP contribution < -0.4 is 10.2 Å². The molecular formula is C23H18FN5O2. The number of pyridine rings is 1. The van der Waals surface area contributed by atoms with Crippen molar-refractivity contribution in [2.24, 2.45) is 0 Å². The molecule has 3 heterocycles. The number of carbonyl (C=O) groups is 2. The van der Waals surface area contributed by atoms with Crippen LogP contribution in [0.2, 0.25) is 0 Å². The Balaban J connectivity index is 1.48. The molecular weight excluding hydrogens is 397 g/mol. The van der Waals surface area contributed by atoms with Crippen molar-refractivity contribution in [1.82, 2.24) is 14.5 Å². The van der Waals surface area contributed by atoms with E-state index in [4.69, 9.17) is 0 Å². The van der Waals surface area contributed by atoms with Crippen molar-refractivity contribution in [2.45, 2.75) is 19.0 Å². The highest BCUT2D eigenvalue weighted by molar-refractivity contribution is 6.05. The first kappa shape index (κ1) is 18.9. The minimum atomic E-state index is -0.772. The van der Waals surface area contributed by atoms with E-state index in [2.05, 4.69) is 15.3 Å². The maximum Gasteiger partial charge on any atom is 0.253 e. The quantitative estimate of drug-likeness (QED) is 0.539. The van der Waals surface area contributed by atoms with Gasteiger partial charge in [-0.05, 0) is 35.9 Å². The largest absolute Gasteiger partial charge is 0.324 e. The smallest absolute Gasteiger partial charge is 0.253 e. The van der Waals surface area contributed by atoms with E-state index in [1.807, 2.05) is 30.3 Å². The SMILES string of the molecule is O=C(CC1C(=O)N(Cc2cccnc2)c2nc3ccccc3n21)Nc1ccccc1F. The summed E-state index contributed by atoms with van der Waals surface area (Å²) in [7, 11) is 0. The van der Waals surface area contributed by atoms with Crippen LogP contribution in [0.1, 0.15) is 18.0 Å². The molecule has 1 N–H and O–H groups in total. The predicted molar refractivity (Wildman–Crippen MR) is 114 cm³/mol. The molecule has 154 valence electrons. The Morgan fingerprint density at radius 2 is 1.87 bits per heavy atom. The zero-order chi connectivity index (χ0) is 21.4. The summed E-state index contributed by atoms with van der Waals surface area (Å²) in [5, 5.41) is 2.56. The highest BCUT2D eigenvalue weighted by Gasteiger charge is 2.40. The highest BCUT2D eigenvalue weighted by atomic mass is 19.1. The number of carbonyl (C=O) groups excluding carboxylic acids is 2. The lowest BCUT2D eigenvalue weighted by molar-refractivity contribution is -0.124. The molecule has 31 heavy (non-hydrogen) atoms. The van der Waals surface area contributed by atoms with Gasteiger partial charge in [0.2, 0.25) is 11.9 Å². The molecule has 0 radical (unpaired) electrons. The summed E-state index contributed by atoms with van der Waals surface area (Å²) in [4.78, 5) is 36.3. The third-order valence-electron chi connectivity index (χ3n) is 5.27. The van der Waals surface area contributed by atoms with Crippen molar-refractivity contribution >= 4 is 34.5 Å². The summed E-state index contributed by atoms with van der Waals surface area (Å²) in [5.41, 5.74) is 2.44. The molecule has 0 fully saturated rings. The molecule has 0 spiro atoms. The third kappa shape index (κ3) is 3.42. The summed E-state index contributed by atoms with van der Waals surface area (Å²) < 4.78 is 15.7. The van der Waals surface area contributed by atoms with Crippen molar-refractivity contribution in [3.8, 4) is 0 Å². The zero-order valence-electron chi connectivity index (χ0n) is 16.4. The third-order valence-corrected chi connectivity index (χ3v) is 5.27. The van der Waals surface area contributed by atoms with Crippen molar-refractivity contribution in [2.75, 3.05) is 10.2 Å². The van der Waals surface area contributed by atoms with Gasteiger partial charge in [-0.3, -0.25) is 24.0 Å². The fourth-order valence-corrected chi connectivity index (χ4v) is 3.86. The van der Waals surface area contributed by atoms with Gasteiger partial charge in [0.15, 0.2) is 0 Å². The van der Waals surface area contributed by atoms with Gasteiger partial charge in [0.25, 0.3) is 5.91 Å². The molecule has 1 aliphatic heterocycles. The number of hydrogen-bond acceptors (Lipinski definition) is 4. The number of rotatable bonds is 5. The number of aromatic nitrogens is 3. The minimum absolute atomic E-state index is 0.0841. The number of anilines is 2. The van der Waals surface area contributed by atoms with Gasteiger partial charge in [-0.25, -0.2) is 9.37 Å². The second kappa shape index (κ2) is 7.64. The number of imidazole rings is 1. The second-order valence-corrected chi connectivity index (χ2v) is 7.30. The maximum absolute atomic E-state index is 13.9. The van der Waals surface area contributed by atoms with Gasteiger partial charge in [0.05, 0.1) is 29.7 Å². The van der Waals surface area contributed by atoms with Crippen LogP contribution >= 0.6 is 0 Å². The Bertz CT molecular complexity index is 1290. The van der Waals surface area contributed by atoms with Crippen molar-refractivity contribution in [3.63, 3.8) is 0 Å². The molecule has 5 rings (SSSR count). The van der Waals surface area contributed by atoms with Crippen molar-refractivity contribution in [3.05, 3.63) is 84.4 Å². The molecule has 1 atom stereocenters. The average molecular weight is 415 g/mol. The summed E-state index contributed by atoms with van der Waals surface area (Å²) in [6.45, 7) is 0.293. The Morgan fingerprint density at radius 1 is 1.06 bits per heavy atom. The Labute approximate surface area is 177 Å². The van der Waals surface area contributed by atoms with Gasteiger partial charge in [0, 0.05) is 12.4 Å². The fourth-order valence-electron chi connectivity index (χ4n) is 3.86. The van der Waals surface area contributed by atoms with E-state index < -0.39 is 17.8 Å². The molecule has 2 amide bonds. The first-order chi connectivity index (χ1) is 15.1. The van der Waals surface area contributed by atoms with Gasteiger partial charge < -0.3 is 5.32 Å². The van der Waals surface area contributed by atoms with Crippen LogP contribution in [0.5, 0.6) is 0 Å². The minimum Gasteiger partial charge on any atom is -0.324 e. The summed E-state index contributed by atoms with van der Waals surface area (Å²) in [6.07, 6.45) is 3.23. The zero-order valence-corrected chi connectivity index (χ0v) is 16.4. The number of nitrogens with zero attached hydrogens (tertiary/aromatic N) is 4. The van der Waals surface area contributed by atoms with Crippen LogP contribution in [0.15, 0.2) is 73.1 Å².